The van der Waals surface area contributed by atoms with Gasteiger partial charge in [-0.25, -0.2) is 0 Å². The van der Waals surface area contributed by atoms with Gasteiger partial charge in [-0.15, -0.1) is 0 Å². The Morgan fingerprint density at radius 3 is 2.60 bits per heavy atom. The second-order valence-corrected chi connectivity index (χ2v) is 5.55. The molecule has 3 rings (SSSR count). The van der Waals surface area contributed by atoms with Crippen LogP contribution in [0, 0.1) is 11.3 Å². The van der Waals surface area contributed by atoms with Gasteiger partial charge >= 0.3 is 0 Å². The van der Waals surface area contributed by atoms with Crippen LogP contribution in [-0.2, 0) is 9.47 Å². The highest BCUT2D eigenvalue weighted by molar-refractivity contribution is 5.07. The van der Waals surface area contributed by atoms with E-state index in [-0.39, 0.29) is 5.79 Å². The third-order valence-electron chi connectivity index (χ3n) is 5.24. The van der Waals surface area contributed by atoms with Crippen molar-refractivity contribution in [3.8, 4) is 0 Å². The fourth-order valence-corrected chi connectivity index (χ4v) is 4.57. The van der Waals surface area contributed by atoms with Gasteiger partial charge in [-0.2, -0.15) is 0 Å². The maximum atomic E-state index is 6.01. The second kappa shape index (κ2) is 3.46. The van der Waals surface area contributed by atoms with Crippen LogP contribution < -0.4 is 0 Å². The van der Waals surface area contributed by atoms with E-state index in [2.05, 4.69) is 0 Å². The van der Waals surface area contributed by atoms with Crippen LogP contribution in [-0.4, -0.2) is 19.5 Å². The number of ether oxygens (including phenoxy) is 2. The lowest BCUT2D eigenvalue weighted by Crippen LogP contribution is -2.46. The number of hydrogen-bond acceptors (Lipinski definition) is 2. The fourth-order valence-electron chi connectivity index (χ4n) is 4.57. The normalized spacial score (nSPS) is 46.2. The van der Waals surface area contributed by atoms with Crippen LogP contribution >= 0.6 is 0 Å². The Hall–Kier alpha value is -0.0800. The monoisotopic (exact) mass is 210 g/mol. The first-order valence-electron chi connectivity index (χ1n) is 6.52. The van der Waals surface area contributed by atoms with Crippen molar-refractivity contribution in [1.29, 1.82) is 0 Å². The van der Waals surface area contributed by atoms with Crippen molar-refractivity contribution < 1.29 is 9.47 Å². The first-order chi connectivity index (χ1) is 7.33. The molecular formula is C13H22O2. The summed E-state index contributed by atoms with van der Waals surface area (Å²) in [7, 11) is 1.85. The van der Waals surface area contributed by atoms with E-state index in [1.807, 2.05) is 7.11 Å². The lowest BCUT2D eigenvalue weighted by atomic mass is 9.69. The largest absolute Gasteiger partial charge is 0.353 e. The minimum absolute atomic E-state index is 0.192. The Kier molecular flexibility index (Phi) is 2.33. The third-order valence-corrected chi connectivity index (χ3v) is 5.24. The van der Waals surface area contributed by atoms with Crippen molar-refractivity contribution >= 4 is 0 Å². The van der Waals surface area contributed by atoms with Crippen LogP contribution in [0.1, 0.15) is 51.4 Å². The Morgan fingerprint density at radius 1 is 1.07 bits per heavy atom. The molecule has 0 bridgehead atoms. The summed E-state index contributed by atoms with van der Waals surface area (Å²) >= 11 is 0. The number of methoxy groups -OCH3 is 1. The lowest BCUT2D eigenvalue weighted by molar-refractivity contribution is -0.243. The molecule has 2 unspecified atom stereocenters. The number of fused-ring (bicyclic) bond motifs is 1. The Balaban J connectivity index is 1.93. The van der Waals surface area contributed by atoms with Crippen molar-refractivity contribution in [3.63, 3.8) is 0 Å². The zero-order valence-electron chi connectivity index (χ0n) is 9.76. The van der Waals surface area contributed by atoms with E-state index in [1.165, 1.54) is 44.9 Å². The van der Waals surface area contributed by atoms with Gasteiger partial charge in [-0.05, 0) is 38.0 Å². The van der Waals surface area contributed by atoms with Gasteiger partial charge in [0.05, 0.1) is 6.61 Å². The molecule has 3 aliphatic rings. The first-order valence-corrected chi connectivity index (χ1v) is 6.52. The highest BCUT2D eigenvalue weighted by Crippen LogP contribution is 2.62. The molecule has 1 aliphatic heterocycles. The molecule has 0 radical (unpaired) electrons. The van der Waals surface area contributed by atoms with E-state index >= 15 is 0 Å². The van der Waals surface area contributed by atoms with Crippen LogP contribution in [0.15, 0.2) is 0 Å². The predicted molar refractivity (Wildman–Crippen MR) is 58.6 cm³/mol. The molecule has 3 fully saturated rings. The highest BCUT2D eigenvalue weighted by Gasteiger charge is 2.63. The average Bonchev–Trinajstić information content (AvgIpc) is 2.91. The molecule has 0 amide bonds. The number of hydrogen-bond donors (Lipinski definition) is 0. The molecule has 1 heterocycles. The van der Waals surface area contributed by atoms with Crippen LogP contribution in [0.3, 0.4) is 0 Å². The molecule has 86 valence electrons. The molecule has 15 heavy (non-hydrogen) atoms. The molecule has 2 aliphatic carbocycles. The van der Waals surface area contributed by atoms with Gasteiger partial charge in [0.25, 0.3) is 0 Å². The Bertz CT molecular complexity index is 233. The summed E-state index contributed by atoms with van der Waals surface area (Å²) in [4.78, 5) is 0. The Labute approximate surface area is 92.3 Å². The van der Waals surface area contributed by atoms with Crippen molar-refractivity contribution in [3.05, 3.63) is 0 Å². The van der Waals surface area contributed by atoms with Gasteiger partial charge in [0, 0.05) is 18.9 Å². The minimum atomic E-state index is -0.192. The van der Waals surface area contributed by atoms with Crippen LogP contribution in [0.5, 0.6) is 0 Å². The summed E-state index contributed by atoms with van der Waals surface area (Å²) < 4.78 is 11.8. The van der Waals surface area contributed by atoms with Crippen molar-refractivity contribution in [2.75, 3.05) is 13.7 Å². The first kappa shape index (κ1) is 10.1. The van der Waals surface area contributed by atoms with E-state index in [0.717, 1.165) is 18.9 Å². The summed E-state index contributed by atoms with van der Waals surface area (Å²) in [5.74, 6) is 0.685. The maximum absolute atomic E-state index is 6.01. The second-order valence-electron chi connectivity index (χ2n) is 5.55. The average molecular weight is 210 g/mol. The molecule has 0 aromatic carbocycles. The van der Waals surface area contributed by atoms with Gasteiger partial charge in [0.2, 0.25) is 0 Å². The van der Waals surface area contributed by atoms with Gasteiger partial charge in [0.1, 0.15) is 0 Å². The van der Waals surface area contributed by atoms with Crippen molar-refractivity contribution in [2.45, 2.75) is 57.2 Å². The smallest absolute Gasteiger partial charge is 0.173 e. The standard InChI is InChI=1S/C13H22O2/c1-14-13-8-4-7-12(13,9-10-15-13)11-5-2-3-6-11/h11H,2-10H2,1H3. The molecule has 0 aromatic heterocycles. The molecule has 2 nitrogen and oxygen atoms in total. The topological polar surface area (TPSA) is 18.5 Å². The molecule has 2 saturated carbocycles. The van der Waals surface area contributed by atoms with Crippen LogP contribution in [0.2, 0.25) is 0 Å². The quantitative estimate of drug-likeness (QED) is 0.697. The Morgan fingerprint density at radius 2 is 1.87 bits per heavy atom. The van der Waals surface area contributed by atoms with E-state index in [4.69, 9.17) is 9.47 Å². The molecule has 0 aromatic rings. The molecule has 2 heteroatoms. The van der Waals surface area contributed by atoms with E-state index < -0.39 is 0 Å². The summed E-state index contributed by atoms with van der Waals surface area (Å²) in [6, 6.07) is 0. The van der Waals surface area contributed by atoms with E-state index in [1.54, 1.807) is 0 Å². The molecule has 0 N–H and O–H groups in total. The fraction of sp³-hybridized carbons (Fsp3) is 1.00. The zero-order valence-corrected chi connectivity index (χ0v) is 9.76. The predicted octanol–water partition coefficient (Wildman–Crippen LogP) is 3.11. The molecule has 0 spiro atoms. The van der Waals surface area contributed by atoms with Crippen molar-refractivity contribution in [2.24, 2.45) is 11.3 Å². The van der Waals surface area contributed by atoms with Gasteiger partial charge in [-0.1, -0.05) is 12.8 Å². The number of rotatable bonds is 2. The van der Waals surface area contributed by atoms with Crippen LogP contribution in [0.4, 0.5) is 0 Å². The summed E-state index contributed by atoms with van der Waals surface area (Å²) in [5, 5.41) is 0. The van der Waals surface area contributed by atoms with Gasteiger partial charge < -0.3 is 9.47 Å². The summed E-state index contributed by atoms with van der Waals surface area (Å²) in [6.45, 7) is 0.921. The minimum Gasteiger partial charge on any atom is -0.353 e. The molecule has 1 saturated heterocycles. The zero-order chi connectivity index (χ0) is 10.4. The third kappa shape index (κ3) is 1.18. The lowest BCUT2D eigenvalue weighted by Gasteiger charge is -2.42. The highest BCUT2D eigenvalue weighted by atomic mass is 16.7. The van der Waals surface area contributed by atoms with Gasteiger partial charge in [0.15, 0.2) is 5.79 Å². The summed E-state index contributed by atoms with van der Waals surface area (Å²) in [6.07, 6.45) is 10.7. The maximum Gasteiger partial charge on any atom is 0.173 e. The van der Waals surface area contributed by atoms with Crippen LogP contribution in [0.25, 0.3) is 0 Å². The SMILES string of the molecule is COC12CCCC1(C1CCCC1)CCO2. The molecule has 2 atom stereocenters. The molecular weight excluding hydrogens is 188 g/mol. The van der Waals surface area contributed by atoms with Crippen molar-refractivity contribution in [1.82, 2.24) is 0 Å². The van der Waals surface area contributed by atoms with E-state index in [0.29, 0.717) is 5.41 Å². The van der Waals surface area contributed by atoms with E-state index in [9.17, 15) is 0 Å². The summed E-state index contributed by atoms with van der Waals surface area (Å²) in [5.41, 5.74) is 0.387. The van der Waals surface area contributed by atoms with Gasteiger partial charge in [-0.3, -0.25) is 0 Å².